The van der Waals surface area contributed by atoms with Gasteiger partial charge in [-0.25, -0.2) is 0 Å². The van der Waals surface area contributed by atoms with Gasteiger partial charge in [0.05, 0.1) is 5.52 Å². The molecule has 0 bridgehead atoms. The Hall–Kier alpha value is -1.62. The molecule has 5 heteroatoms. The molecule has 0 radical (unpaired) electrons. The van der Waals surface area contributed by atoms with Gasteiger partial charge < -0.3 is 5.73 Å². The normalized spacial score (nSPS) is 14.0. The van der Waals surface area contributed by atoms with Gasteiger partial charge in [-0.05, 0) is 23.8 Å². The zero-order valence-corrected chi connectivity index (χ0v) is 8.20. The zero-order valence-electron chi connectivity index (χ0n) is 8.20. The molecular formula is C11H9F3N2. The quantitative estimate of drug-likeness (QED) is 0.812. The van der Waals surface area contributed by atoms with E-state index in [9.17, 15) is 13.2 Å². The Balaban J connectivity index is 2.47. The van der Waals surface area contributed by atoms with Gasteiger partial charge in [-0.15, -0.1) is 0 Å². The van der Waals surface area contributed by atoms with E-state index in [4.69, 9.17) is 5.73 Å². The van der Waals surface area contributed by atoms with Crippen molar-refractivity contribution in [3.8, 4) is 0 Å². The van der Waals surface area contributed by atoms with E-state index >= 15 is 0 Å². The molecule has 0 spiro atoms. The summed E-state index contributed by atoms with van der Waals surface area (Å²) in [6, 6.07) is 5.74. The lowest BCUT2D eigenvalue weighted by Gasteiger charge is -2.16. The van der Waals surface area contributed by atoms with Crippen LogP contribution in [-0.4, -0.2) is 11.2 Å². The number of nitrogens with zero attached hydrogens (tertiary/aromatic N) is 1. The van der Waals surface area contributed by atoms with E-state index < -0.39 is 12.2 Å². The summed E-state index contributed by atoms with van der Waals surface area (Å²) in [5.41, 5.74) is 5.82. The number of benzene rings is 1. The smallest absolute Gasteiger partial charge is 0.316 e. The Morgan fingerprint density at radius 3 is 2.62 bits per heavy atom. The van der Waals surface area contributed by atoms with Gasteiger partial charge in [-0.3, -0.25) is 4.98 Å². The summed E-state index contributed by atoms with van der Waals surface area (Å²) in [5, 5.41) is 0.653. The van der Waals surface area contributed by atoms with Crippen molar-refractivity contribution < 1.29 is 13.2 Å². The highest BCUT2D eigenvalue weighted by Gasteiger charge is 2.37. The molecule has 1 aromatic heterocycles. The van der Waals surface area contributed by atoms with Crippen LogP contribution in [0.2, 0.25) is 0 Å². The lowest BCUT2D eigenvalue weighted by atomic mass is 10.0. The molecule has 2 rings (SSSR count). The second-order valence-electron chi connectivity index (χ2n) is 3.47. The maximum Gasteiger partial charge on any atom is 0.407 e. The highest BCUT2D eigenvalue weighted by molar-refractivity contribution is 5.79. The number of hydrogen-bond acceptors (Lipinski definition) is 2. The molecule has 1 heterocycles. The summed E-state index contributed by atoms with van der Waals surface area (Å²) in [7, 11) is 0. The van der Waals surface area contributed by atoms with Crippen LogP contribution in [0.4, 0.5) is 13.2 Å². The number of fused-ring (bicyclic) bond motifs is 1. The van der Waals surface area contributed by atoms with E-state index in [0.29, 0.717) is 10.9 Å². The minimum atomic E-state index is -4.42. The molecule has 2 aromatic rings. The molecule has 0 fully saturated rings. The van der Waals surface area contributed by atoms with E-state index in [1.807, 2.05) is 0 Å². The van der Waals surface area contributed by atoms with Crippen LogP contribution < -0.4 is 5.73 Å². The van der Waals surface area contributed by atoms with Crippen molar-refractivity contribution in [3.63, 3.8) is 0 Å². The Bertz CT molecular complexity index is 508. The topological polar surface area (TPSA) is 38.9 Å². The fourth-order valence-electron chi connectivity index (χ4n) is 1.48. The molecule has 1 atom stereocenters. The van der Waals surface area contributed by atoms with Gasteiger partial charge in [0.1, 0.15) is 6.04 Å². The van der Waals surface area contributed by atoms with Crippen molar-refractivity contribution in [2.24, 2.45) is 5.73 Å². The number of halogens is 3. The van der Waals surface area contributed by atoms with E-state index in [1.54, 1.807) is 18.3 Å². The molecular weight excluding hydrogens is 217 g/mol. The minimum Gasteiger partial charge on any atom is -0.316 e. The van der Waals surface area contributed by atoms with Crippen molar-refractivity contribution in [3.05, 3.63) is 42.1 Å². The number of alkyl halides is 3. The van der Waals surface area contributed by atoms with Crippen LogP contribution in [0.3, 0.4) is 0 Å². The third-order valence-electron chi connectivity index (χ3n) is 2.34. The molecule has 16 heavy (non-hydrogen) atoms. The predicted molar refractivity (Wildman–Crippen MR) is 54.7 cm³/mol. The summed E-state index contributed by atoms with van der Waals surface area (Å²) in [6.45, 7) is 0. The van der Waals surface area contributed by atoms with Crippen molar-refractivity contribution in [1.29, 1.82) is 0 Å². The van der Waals surface area contributed by atoms with Crippen LogP contribution in [0.25, 0.3) is 10.9 Å². The third kappa shape index (κ3) is 1.99. The SMILES string of the molecule is N[C@@H](c1ccc2ncccc2c1)C(F)(F)F. The first-order chi connectivity index (χ1) is 7.48. The van der Waals surface area contributed by atoms with Gasteiger partial charge in [-0.1, -0.05) is 12.1 Å². The molecule has 1 aromatic carbocycles. The first kappa shape index (κ1) is 10.9. The van der Waals surface area contributed by atoms with E-state index in [2.05, 4.69) is 4.98 Å². The molecule has 0 unspecified atom stereocenters. The Labute approximate surface area is 89.9 Å². The fourth-order valence-corrected chi connectivity index (χ4v) is 1.48. The standard InChI is InChI=1S/C11H9F3N2/c12-11(13,14)10(15)8-3-4-9-7(6-8)2-1-5-16-9/h1-6,10H,15H2/t10-/m0/s1. The number of aromatic nitrogens is 1. The van der Waals surface area contributed by atoms with Crippen molar-refractivity contribution in [2.75, 3.05) is 0 Å². The summed E-state index contributed by atoms with van der Waals surface area (Å²) in [5.74, 6) is 0. The number of pyridine rings is 1. The van der Waals surface area contributed by atoms with Crippen LogP contribution in [0.15, 0.2) is 36.5 Å². The number of hydrogen-bond donors (Lipinski definition) is 1. The van der Waals surface area contributed by atoms with Crippen molar-refractivity contribution >= 4 is 10.9 Å². The second kappa shape index (κ2) is 3.75. The molecule has 0 saturated carbocycles. The molecule has 84 valence electrons. The van der Waals surface area contributed by atoms with Gasteiger partial charge in [-0.2, -0.15) is 13.2 Å². The maximum atomic E-state index is 12.4. The van der Waals surface area contributed by atoms with E-state index in [1.165, 1.54) is 18.2 Å². The van der Waals surface area contributed by atoms with E-state index in [0.717, 1.165) is 0 Å². The predicted octanol–water partition coefficient (Wildman–Crippen LogP) is 2.80. The van der Waals surface area contributed by atoms with Crippen LogP contribution in [0.5, 0.6) is 0 Å². The monoisotopic (exact) mass is 226 g/mol. The lowest BCUT2D eigenvalue weighted by Crippen LogP contribution is -2.28. The molecule has 2 N–H and O–H groups in total. The average molecular weight is 226 g/mol. The van der Waals surface area contributed by atoms with E-state index in [-0.39, 0.29) is 5.56 Å². The van der Waals surface area contributed by atoms with Gasteiger partial charge in [0.25, 0.3) is 0 Å². The molecule has 0 aliphatic rings. The largest absolute Gasteiger partial charge is 0.407 e. The summed E-state index contributed by atoms with van der Waals surface area (Å²) >= 11 is 0. The van der Waals surface area contributed by atoms with Gasteiger partial charge in [0, 0.05) is 11.6 Å². The summed E-state index contributed by atoms with van der Waals surface area (Å²) in [6.07, 6.45) is -2.83. The van der Waals surface area contributed by atoms with Crippen LogP contribution in [0, 0.1) is 0 Å². The van der Waals surface area contributed by atoms with Crippen LogP contribution >= 0.6 is 0 Å². The highest BCUT2D eigenvalue weighted by atomic mass is 19.4. The molecule has 0 aliphatic carbocycles. The lowest BCUT2D eigenvalue weighted by molar-refractivity contribution is -0.149. The first-order valence-corrected chi connectivity index (χ1v) is 4.65. The van der Waals surface area contributed by atoms with Gasteiger partial charge >= 0.3 is 6.18 Å². The Kier molecular flexibility index (Phi) is 2.55. The van der Waals surface area contributed by atoms with Crippen molar-refractivity contribution in [2.45, 2.75) is 12.2 Å². The van der Waals surface area contributed by atoms with Crippen molar-refractivity contribution in [1.82, 2.24) is 4.98 Å². The summed E-state index contributed by atoms with van der Waals surface area (Å²) in [4.78, 5) is 4.02. The number of rotatable bonds is 1. The van der Waals surface area contributed by atoms with Crippen LogP contribution in [-0.2, 0) is 0 Å². The maximum absolute atomic E-state index is 12.4. The molecule has 0 amide bonds. The summed E-state index contributed by atoms with van der Waals surface area (Å²) < 4.78 is 37.2. The zero-order chi connectivity index (χ0) is 11.8. The molecule has 0 aliphatic heterocycles. The second-order valence-corrected chi connectivity index (χ2v) is 3.47. The highest BCUT2D eigenvalue weighted by Crippen LogP contribution is 2.31. The number of nitrogens with two attached hydrogens (primary N) is 1. The van der Waals surface area contributed by atoms with Gasteiger partial charge in [0.2, 0.25) is 0 Å². The fraction of sp³-hybridized carbons (Fsp3) is 0.182. The van der Waals surface area contributed by atoms with Gasteiger partial charge in [0.15, 0.2) is 0 Å². The van der Waals surface area contributed by atoms with Crippen LogP contribution in [0.1, 0.15) is 11.6 Å². The first-order valence-electron chi connectivity index (χ1n) is 4.65. The third-order valence-corrected chi connectivity index (χ3v) is 2.34. The Morgan fingerprint density at radius 2 is 1.94 bits per heavy atom. The molecule has 0 saturated heterocycles. The Morgan fingerprint density at radius 1 is 1.19 bits per heavy atom. The minimum absolute atomic E-state index is 0.0491. The average Bonchev–Trinajstić information content (AvgIpc) is 2.26. The molecule has 2 nitrogen and oxygen atoms in total.